The van der Waals surface area contributed by atoms with Gasteiger partial charge in [0.1, 0.15) is 0 Å². The van der Waals surface area contributed by atoms with Crippen LogP contribution >= 0.6 is 0 Å². The Kier molecular flexibility index (Phi) is 5.39. The van der Waals surface area contributed by atoms with Crippen molar-refractivity contribution in [3.05, 3.63) is 65.2 Å². The molecule has 0 aliphatic rings. The SMILES string of the molecule is O=C(O)c1ccccc1C(=O)Nc1ccc(CON(O)O)cc1. The van der Waals surface area contributed by atoms with Gasteiger partial charge in [0.25, 0.3) is 5.91 Å². The van der Waals surface area contributed by atoms with Gasteiger partial charge in [-0.25, -0.2) is 9.63 Å². The standard InChI is InChI=1S/C15H14N2O6/c18-14(12-3-1-2-4-13(12)15(19)20)16-11-7-5-10(6-8-11)9-23-17(21)22/h1-8,21-22H,9H2,(H,16,18)(H,19,20). The van der Waals surface area contributed by atoms with Crippen molar-refractivity contribution in [3.8, 4) is 0 Å². The molecule has 23 heavy (non-hydrogen) atoms. The highest BCUT2D eigenvalue weighted by atomic mass is 17.1. The zero-order chi connectivity index (χ0) is 16.8. The number of hydrogen-bond donors (Lipinski definition) is 4. The van der Waals surface area contributed by atoms with E-state index in [1.54, 1.807) is 36.4 Å². The van der Waals surface area contributed by atoms with Gasteiger partial charge in [0, 0.05) is 5.69 Å². The van der Waals surface area contributed by atoms with Gasteiger partial charge < -0.3 is 10.4 Å². The van der Waals surface area contributed by atoms with Gasteiger partial charge in [-0.2, -0.15) is 0 Å². The van der Waals surface area contributed by atoms with Crippen LogP contribution in [0.15, 0.2) is 48.5 Å². The summed E-state index contributed by atoms with van der Waals surface area (Å²) in [4.78, 5) is 27.7. The predicted octanol–water partition coefficient (Wildman–Crippen LogP) is 2.15. The molecule has 0 bridgehead atoms. The Balaban J connectivity index is 2.07. The lowest BCUT2D eigenvalue weighted by atomic mass is 10.1. The lowest BCUT2D eigenvalue weighted by Gasteiger charge is -2.09. The molecule has 120 valence electrons. The van der Waals surface area contributed by atoms with Crippen molar-refractivity contribution < 1.29 is 29.9 Å². The van der Waals surface area contributed by atoms with E-state index in [9.17, 15) is 9.59 Å². The Morgan fingerprint density at radius 3 is 2.17 bits per heavy atom. The van der Waals surface area contributed by atoms with Crippen LogP contribution in [-0.2, 0) is 11.4 Å². The van der Waals surface area contributed by atoms with E-state index >= 15 is 0 Å². The number of anilines is 1. The molecule has 2 aromatic rings. The van der Waals surface area contributed by atoms with E-state index in [0.717, 1.165) is 0 Å². The Morgan fingerprint density at radius 2 is 1.61 bits per heavy atom. The third-order valence-electron chi connectivity index (χ3n) is 2.96. The molecule has 1 amide bonds. The zero-order valence-corrected chi connectivity index (χ0v) is 11.8. The Labute approximate surface area is 131 Å². The van der Waals surface area contributed by atoms with E-state index in [-0.39, 0.29) is 17.7 Å². The molecule has 0 aliphatic carbocycles. The number of carboxylic acid groups (broad SMARTS) is 1. The van der Waals surface area contributed by atoms with Gasteiger partial charge in [0.15, 0.2) is 0 Å². The number of nitrogens with one attached hydrogen (secondary N) is 1. The fraction of sp³-hybridized carbons (Fsp3) is 0.0667. The minimum atomic E-state index is -1.18. The van der Waals surface area contributed by atoms with Crippen LogP contribution in [0.5, 0.6) is 0 Å². The van der Waals surface area contributed by atoms with Gasteiger partial charge in [-0.05, 0) is 29.8 Å². The van der Waals surface area contributed by atoms with Crippen LogP contribution in [0.1, 0.15) is 26.3 Å². The molecule has 0 radical (unpaired) electrons. The number of carbonyl (C=O) groups excluding carboxylic acids is 1. The number of nitrogens with zero attached hydrogens (tertiary/aromatic N) is 1. The molecule has 8 heteroatoms. The van der Waals surface area contributed by atoms with Crippen LogP contribution in [0.25, 0.3) is 0 Å². The molecule has 0 atom stereocenters. The van der Waals surface area contributed by atoms with Crippen molar-refractivity contribution >= 4 is 17.6 Å². The number of aromatic carboxylic acids is 1. The van der Waals surface area contributed by atoms with Gasteiger partial charge >= 0.3 is 5.97 Å². The van der Waals surface area contributed by atoms with Crippen molar-refractivity contribution in [2.45, 2.75) is 6.61 Å². The maximum atomic E-state index is 12.2. The van der Waals surface area contributed by atoms with Gasteiger partial charge in [0.2, 0.25) is 0 Å². The average molecular weight is 318 g/mol. The maximum Gasteiger partial charge on any atom is 0.336 e. The molecule has 0 aromatic heterocycles. The Morgan fingerprint density at radius 1 is 1.00 bits per heavy atom. The average Bonchev–Trinajstić information content (AvgIpc) is 2.54. The highest BCUT2D eigenvalue weighted by Crippen LogP contribution is 2.14. The first-order chi connectivity index (χ1) is 11.0. The van der Waals surface area contributed by atoms with E-state index in [1.165, 1.54) is 12.1 Å². The normalized spacial score (nSPS) is 10.6. The number of amides is 1. The van der Waals surface area contributed by atoms with Crippen LogP contribution in [0.2, 0.25) is 0 Å². The maximum absolute atomic E-state index is 12.2. The predicted molar refractivity (Wildman–Crippen MR) is 78.0 cm³/mol. The van der Waals surface area contributed by atoms with Crippen molar-refractivity contribution in [2.75, 3.05) is 5.32 Å². The molecular formula is C15H14N2O6. The second kappa shape index (κ2) is 7.47. The zero-order valence-electron chi connectivity index (χ0n) is 11.8. The highest BCUT2D eigenvalue weighted by Gasteiger charge is 2.15. The minimum Gasteiger partial charge on any atom is -0.478 e. The summed E-state index contributed by atoms with van der Waals surface area (Å²) >= 11 is 0. The van der Waals surface area contributed by atoms with E-state index in [0.29, 0.717) is 11.3 Å². The summed E-state index contributed by atoms with van der Waals surface area (Å²) < 4.78 is 0. The molecular weight excluding hydrogens is 304 g/mol. The second-order valence-corrected chi connectivity index (χ2v) is 4.53. The van der Waals surface area contributed by atoms with Crippen LogP contribution in [0.3, 0.4) is 0 Å². The van der Waals surface area contributed by atoms with Crippen LogP contribution in [0.4, 0.5) is 5.69 Å². The quantitative estimate of drug-likeness (QED) is 0.602. The first-order valence-electron chi connectivity index (χ1n) is 6.51. The van der Waals surface area contributed by atoms with E-state index < -0.39 is 17.3 Å². The van der Waals surface area contributed by atoms with Crippen LogP contribution < -0.4 is 5.32 Å². The fourth-order valence-corrected chi connectivity index (χ4v) is 1.88. The van der Waals surface area contributed by atoms with Crippen molar-refractivity contribution in [3.63, 3.8) is 0 Å². The van der Waals surface area contributed by atoms with E-state index in [2.05, 4.69) is 10.2 Å². The summed E-state index contributed by atoms with van der Waals surface area (Å²) in [6, 6.07) is 12.3. The number of benzene rings is 2. The molecule has 4 N–H and O–H groups in total. The van der Waals surface area contributed by atoms with Crippen LogP contribution in [0, 0.1) is 0 Å². The third kappa shape index (κ3) is 4.59. The number of carboxylic acids is 1. The smallest absolute Gasteiger partial charge is 0.336 e. The summed E-state index contributed by atoms with van der Waals surface area (Å²) in [5.41, 5.74) is 1.08. The highest BCUT2D eigenvalue weighted by molar-refractivity contribution is 6.10. The Bertz CT molecular complexity index is 699. The lowest BCUT2D eigenvalue weighted by molar-refractivity contribution is -0.497. The van der Waals surface area contributed by atoms with Gasteiger partial charge in [-0.3, -0.25) is 15.2 Å². The first-order valence-corrected chi connectivity index (χ1v) is 6.51. The summed E-state index contributed by atoms with van der Waals surface area (Å²) in [5.74, 6) is -1.72. The van der Waals surface area contributed by atoms with Gasteiger partial charge in [-0.1, -0.05) is 24.3 Å². The minimum absolute atomic E-state index is 0.0589. The van der Waals surface area contributed by atoms with Crippen molar-refractivity contribution in [2.24, 2.45) is 0 Å². The largest absolute Gasteiger partial charge is 0.478 e. The number of hydrogen-bond acceptors (Lipinski definition) is 6. The second-order valence-electron chi connectivity index (χ2n) is 4.53. The number of carbonyl (C=O) groups is 2. The topological polar surface area (TPSA) is 119 Å². The van der Waals surface area contributed by atoms with Gasteiger partial charge in [-0.15, -0.1) is 0 Å². The summed E-state index contributed by atoms with van der Waals surface area (Å²) in [7, 11) is 0. The molecule has 2 rings (SSSR count). The molecule has 0 heterocycles. The monoisotopic (exact) mass is 318 g/mol. The molecule has 0 spiro atoms. The number of rotatable bonds is 6. The van der Waals surface area contributed by atoms with Crippen molar-refractivity contribution in [1.29, 1.82) is 0 Å². The molecule has 0 saturated carbocycles. The van der Waals surface area contributed by atoms with Crippen LogP contribution in [-0.4, -0.2) is 32.8 Å². The molecule has 8 nitrogen and oxygen atoms in total. The van der Waals surface area contributed by atoms with Gasteiger partial charge in [0.05, 0.1) is 23.1 Å². The first kappa shape index (κ1) is 16.6. The summed E-state index contributed by atoms with van der Waals surface area (Å²) in [5, 5.41) is 28.2. The molecule has 0 unspecified atom stereocenters. The lowest BCUT2D eigenvalue weighted by Crippen LogP contribution is -2.16. The summed E-state index contributed by atoms with van der Waals surface area (Å²) in [6.45, 7) is -0.0664. The fourth-order valence-electron chi connectivity index (χ4n) is 1.88. The molecule has 0 aliphatic heterocycles. The molecule has 0 saturated heterocycles. The Hall–Kier alpha value is -2.78. The molecule has 2 aromatic carbocycles. The van der Waals surface area contributed by atoms with E-state index in [4.69, 9.17) is 15.5 Å². The molecule has 0 fully saturated rings. The summed E-state index contributed by atoms with van der Waals surface area (Å²) in [6.07, 6.45) is 0. The van der Waals surface area contributed by atoms with Crippen molar-refractivity contribution in [1.82, 2.24) is 5.39 Å². The third-order valence-corrected chi connectivity index (χ3v) is 2.96. The van der Waals surface area contributed by atoms with E-state index in [1.807, 2.05) is 0 Å².